The lowest BCUT2D eigenvalue weighted by molar-refractivity contribution is -0.135. The molecule has 0 spiro atoms. The average Bonchev–Trinajstić information content (AvgIpc) is 2.49. The van der Waals surface area contributed by atoms with Gasteiger partial charge in [-0.1, -0.05) is 42.1 Å². The molecule has 120 valence electrons. The van der Waals surface area contributed by atoms with Crippen LogP contribution < -0.4 is 5.32 Å². The maximum Gasteiger partial charge on any atom is 0.323 e. The molecule has 0 saturated heterocycles. The number of carbonyl (C=O) groups is 3. The molecule has 0 bridgehead atoms. The monoisotopic (exact) mass is 324 g/mol. The number of aliphatic carboxylic acids is 1. The summed E-state index contributed by atoms with van der Waals surface area (Å²) < 4.78 is 0. The number of thioether (sulfide) groups is 1. The number of hydrogen-bond acceptors (Lipinski definition) is 4. The number of benzene rings is 1. The van der Waals surface area contributed by atoms with Gasteiger partial charge >= 0.3 is 12.0 Å². The molecule has 1 aromatic rings. The highest BCUT2D eigenvalue weighted by Crippen LogP contribution is 2.05. The first kappa shape index (κ1) is 18.0. The molecule has 0 heterocycles. The van der Waals surface area contributed by atoms with Crippen LogP contribution in [0.1, 0.15) is 12.5 Å². The summed E-state index contributed by atoms with van der Waals surface area (Å²) in [5, 5.41) is 11.0. The van der Waals surface area contributed by atoms with Gasteiger partial charge < -0.3 is 15.3 Å². The van der Waals surface area contributed by atoms with E-state index in [1.807, 2.05) is 30.3 Å². The number of nitrogens with one attached hydrogen (secondary N) is 1. The Hall–Kier alpha value is -2.02. The fraction of sp³-hybridized carbons (Fsp3) is 0.400. The van der Waals surface area contributed by atoms with E-state index in [0.717, 1.165) is 17.3 Å². The standard InChI is InChI=1S/C15H20N2O4S/c1-12(18)22-10-9-17(15(21)16-11-14(19)20)8-7-13-5-3-2-4-6-13/h2-6H,7-11H2,1H3,(H,16,21)(H,19,20). The summed E-state index contributed by atoms with van der Waals surface area (Å²) in [7, 11) is 0. The summed E-state index contributed by atoms with van der Waals surface area (Å²) in [5.41, 5.74) is 1.10. The van der Waals surface area contributed by atoms with Crippen molar-refractivity contribution in [1.82, 2.24) is 10.2 Å². The molecule has 0 radical (unpaired) electrons. The van der Waals surface area contributed by atoms with Crippen LogP contribution in [0.2, 0.25) is 0 Å². The molecule has 2 N–H and O–H groups in total. The highest BCUT2D eigenvalue weighted by molar-refractivity contribution is 8.13. The van der Waals surface area contributed by atoms with Gasteiger partial charge in [0.15, 0.2) is 5.12 Å². The first-order chi connectivity index (χ1) is 10.5. The number of hydrogen-bond donors (Lipinski definition) is 2. The van der Waals surface area contributed by atoms with E-state index in [1.165, 1.54) is 11.8 Å². The second-order valence-corrected chi connectivity index (χ2v) is 5.89. The van der Waals surface area contributed by atoms with Gasteiger partial charge in [0, 0.05) is 25.8 Å². The molecule has 6 nitrogen and oxygen atoms in total. The van der Waals surface area contributed by atoms with Crippen molar-refractivity contribution in [2.45, 2.75) is 13.3 Å². The molecule has 0 atom stereocenters. The Labute approximate surface area is 133 Å². The molecule has 0 aliphatic carbocycles. The van der Waals surface area contributed by atoms with Gasteiger partial charge in [-0.25, -0.2) is 4.79 Å². The maximum atomic E-state index is 12.0. The Morgan fingerprint density at radius 1 is 1.18 bits per heavy atom. The number of nitrogens with zero attached hydrogens (tertiary/aromatic N) is 1. The van der Waals surface area contributed by atoms with Gasteiger partial charge in [0.25, 0.3) is 0 Å². The minimum absolute atomic E-state index is 0.00560. The van der Waals surface area contributed by atoms with E-state index < -0.39 is 18.5 Å². The van der Waals surface area contributed by atoms with Crippen molar-refractivity contribution in [3.63, 3.8) is 0 Å². The van der Waals surface area contributed by atoms with Crippen molar-refractivity contribution in [3.8, 4) is 0 Å². The van der Waals surface area contributed by atoms with Gasteiger partial charge in [-0.15, -0.1) is 0 Å². The maximum absolute atomic E-state index is 12.0. The molecule has 0 aliphatic heterocycles. The van der Waals surface area contributed by atoms with Gasteiger partial charge in [-0.3, -0.25) is 9.59 Å². The van der Waals surface area contributed by atoms with E-state index in [0.29, 0.717) is 25.3 Å². The zero-order valence-corrected chi connectivity index (χ0v) is 13.3. The van der Waals surface area contributed by atoms with Crippen molar-refractivity contribution in [1.29, 1.82) is 0 Å². The minimum atomic E-state index is -1.09. The summed E-state index contributed by atoms with van der Waals surface area (Å²) in [6.07, 6.45) is 0.673. The lowest BCUT2D eigenvalue weighted by Gasteiger charge is -2.22. The van der Waals surface area contributed by atoms with Crippen molar-refractivity contribution < 1.29 is 19.5 Å². The topological polar surface area (TPSA) is 86.7 Å². The van der Waals surface area contributed by atoms with E-state index in [1.54, 1.807) is 0 Å². The van der Waals surface area contributed by atoms with Crippen LogP contribution in [-0.4, -0.2) is 52.5 Å². The van der Waals surface area contributed by atoms with Crippen LogP contribution in [0.15, 0.2) is 30.3 Å². The van der Waals surface area contributed by atoms with Crippen LogP contribution in [-0.2, 0) is 16.0 Å². The van der Waals surface area contributed by atoms with Gasteiger partial charge in [0.2, 0.25) is 0 Å². The second kappa shape index (κ2) is 9.83. The lowest BCUT2D eigenvalue weighted by atomic mass is 10.1. The molecule has 1 aromatic carbocycles. The summed E-state index contributed by atoms with van der Waals surface area (Å²) in [6, 6.07) is 9.29. The van der Waals surface area contributed by atoms with Crippen molar-refractivity contribution in [3.05, 3.63) is 35.9 Å². The third-order valence-electron chi connectivity index (χ3n) is 2.86. The fourth-order valence-electron chi connectivity index (χ4n) is 1.79. The summed E-state index contributed by atoms with van der Waals surface area (Å²) >= 11 is 1.15. The van der Waals surface area contributed by atoms with Crippen molar-refractivity contribution in [2.75, 3.05) is 25.4 Å². The van der Waals surface area contributed by atoms with E-state index in [9.17, 15) is 14.4 Å². The number of carbonyl (C=O) groups excluding carboxylic acids is 2. The highest BCUT2D eigenvalue weighted by Gasteiger charge is 2.14. The Morgan fingerprint density at radius 2 is 1.86 bits per heavy atom. The highest BCUT2D eigenvalue weighted by atomic mass is 32.2. The van der Waals surface area contributed by atoms with Gasteiger partial charge in [0.05, 0.1) is 0 Å². The zero-order chi connectivity index (χ0) is 16.4. The molecule has 0 saturated carbocycles. The lowest BCUT2D eigenvalue weighted by Crippen LogP contribution is -2.44. The first-order valence-corrected chi connectivity index (χ1v) is 7.89. The molecule has 2 amide bonds. The third-order valence-corrected chi connectivity index (χ3v) is 3.65. The van der Waals surface area contributed by atoms with Crippen LogP contribution >= 0.6 is 11.8 Å². The van der Waals surface area contributed by atoms with E-state index in [2.05, 4.69) is 5.32 Å². The third kappa shape index (κ3) is 7.68. The molecule has 0 unspecified atom stereocenters. The SMILES string of the molecule is CC(=O)SCCN(CCc1ccccc1)C(=O)NCC(=O)O. The molecule has 1 rings (SSSR count). The number of urea groups is 1. The average molecular weight is 324 g/mol. The Bertz CT molecular complexity index is 508. The number of carboxylic acids is 1. The summed E-state index contributed by atoms with van der Waals surface area (Å²) in [6.45, 7) is 1.92. The number of amides is 2. The second-order valence-electron chi connectivity index (χ2n) is 4.62. The van der Waals surface area contributed by atoms with Crippen LogP contribution in [0.4, 0.5) is 4.79 Å². The number of carboxylic acid groups (broad SMARTS) is 1. The molecule has 0 fully saturated rings. The Balaban J connectivity index is 2.54. The van der Waals surface area contributed by atoms with E-state index >= 15 is 0 Å². The van der Waals surface area contributed by atoms with Crippen LogP contribution in [0.25, 0.3) is 0 Å². The fourth-order valence-corrected chi connectivity index (χ4v) is 2.39. The summed E-state index contributed by atoms with van der Waals surface area (Å²) in [4.78, 5) is 35.0. The molecule has 7 heteroatoms. The smallest absolute Gasteiger partial charge is 0.323 e. The zero-order valence-electron chi connectivity index (χ0n) is 12.4. The van der Waals surface area contributed by atoms with Crippen LogP contribution in [0.3, 0.4) is 0 Å². The summed E-state index contributed by atoms with van der Waals surface area (Å²) in [5.74, 6) is -0.598. The predicted octanol–water partition coefficient (Wildman–Crippen LogP) is 1.60. The minimum Gasteiger partial charge on any atom is -0.480 e. The molecular formula is C15H20N2O4S. The molecule has 22 heavy (non-hydrogen) atoms. The van der Waals surface area contributed by atoms with Crippen molar-refractivity contribution >= 4 is 28.9 Å². The first-order valence-electron chi connectivity index (χ1n) is 6.91. The normalized spacial score (nSPS) is 10.0. The van der Waals surface area contributed by atoms with Crippen LogP contribution in [0, 0.1) is 0 Å². The van der Waals surface area contributed by atoms with E-state index in [4.69, 9.17) is 5.11 Å². The largest absolute Gasteiger partial charge is 0.480 e. The van der Waals surface area contributed by atoms with Gasteiger partial charge in [-0.2, -0.15) is 0 Å². The van der Waals surface area contributed by atoms with Gasteiger partial charge in [-0.05, 0) is 12.0 Å². The van der Waals surface area contributed by atoms with Gasteiger partial charge in [0.1, 0.15) is 6.54 Å². The van der Waals surface area contributed by atoms with E-state index in [-0.39, 0.29) is 5.12 Å². The van der Waals surface area contributed by atoms with Crippen LogP contribution in [0.5, 0.6) is 0 Å². The quantitative estimate of drug-likeness (QED) is 0.758. The molecule has 0 aromatic heterocycles. The van der Waals surface area contributed by atoms with Crippen molar-refractivity contribution in [2.24, 2.45) is 0 Å². The molecular weight excluding hydrogens is 304 g/mol. The Kier molecular flexibility index (Phi) is 8.06. The molecule has 0 aliphatic rings. The Morgan fingerprint density at radius 3 is 2.45 bits per heavy atom. The predicted molar refractivity (Wildman–Crippen MR) is 85.9 cm³/mol. The number of rotatable bonds is 8.